The number of aryl methyl sites for hydroxylation is 1. The molecule has 3 N–H and O–H groups in total. The van der Waals surface area contributed by atoms with Crippen LogP contribution < -0.4 is 11.1 Å². The summed E-state index contributed by atoms with van der Waals surface area (Å²) in [6.07, 6.45) is 5.04. The summed E-state index contributed by atoms with van der Waals surface area (Å²) in [6, 6.07) is 6.66. The standard InChI is InChI=1S/C15H20N4O/c1-10-7-11(15-19-17-9-20-15)5-6-13(10)18-14-4-2-3-12(14)8-16/h5-7,9,12,14,18H,2-4,8,16H2,1H3. The molecule has 0 bridgehead atoms. The van der Waals surface area contributed by atoms with Crippen LogP contribution >= 0.6 is 0 Å². The Labute approximate surface area is 118 Å². The number of nitrogens with zero attached hydrogens (tertiary/aromatic N) is 2. The third-order valence-electron chi connectivity index (χ3n) is 4.14. The van der Waals surface area contributed by atoms with Gasteiger partial charge in [0.1, 0.15) is 0 Å². The highest BCUT2D eigenvalue weighted by atomic mass is 16.4. The summed E-state index contributed by atoms with van der Waals surface area (Å²) < 4.78 is 5.22. The van der Waals surface area contributed by atoms with Crippen LogP contribution in [0.3, 0.4) is 0 Å². The fourth-order valence-corrected chi connectivity index (χ4v) is 2.97. The van der Waals surface area contributed by atoms with Gasteiger partial charge in [-0.3, -0.25) is 0 Å². The van der Waals surface area contributed by atoms with Gasteiger partial charge >= 0.3 is 0 Å². The highest BCUT2D eigenvalue weighted by Gasteiger charge is 2.26. The first-order valence-electron chi connectivity index (χ1n) is 7.11. The molecule has 0 amide bonds. The van der Waals surface area contributed by atoms with E-state index in [1.165, 1.54) is 36.9 Å². The molecule has 1 aromatic heterocycles. The summed E-state index contributed by atoms with van der Waals surface area (Å²) >= 11 is 0. The van der Waals surface area contributed by atoms with Crippen molar-refractivity contribution in [3.63, 3.8) is 0 Å². The Balaban J connectivity index is 1.78. The quantitative estimate of drug-likeness (QED) is 0.894. The number of nitrogens with two attached hydrogens (primary N) is 1. The number of benzene rings is 1. The number of rotatable bonds is 4. The van der Waals surface area contributed by atoms with Crippen LogP contribution in [0.5, 0.6) is 0 Å². The minimum absolute atomic E-state index is 0.493. The molecule has 5 nitrogen and oxygen atoms in total. The molecule has 0 radical (unpaired) electrons. The average molecular weight is 272 g/mol. The molecule has 3 rings (SSSR count). The topological polar surface area (TPSA) is 77.0 Å². The van der Waals surface area contributed by atoms with Gasteiger partial charge < -0.3 is 15.5 Å². The molecule has 2 unspecified atom stereocenters. The normalized spacial score (nSPS) is 22.1. The van der Waals surface area contributed by atoms with Crippen LogP contribution in [0.25, 0.3) is 11.5 Å². The van der Waals surface area contributed by atoms with Gasteiger partial charge in [-0.1, -0.05) is 6.42 Å². The SMILES string of the molecule is Cc1cc(-c2nnco2)ccc1NC1CCCC1CN. The van der Waals surface area contributed by atoms with E-state index in [0.29, 0.717) is 17.9 Å². The Morgan fingerprint density at radius 3 is 3.00 bits per heavy atom. The predicted molar refractivity (Wildman–Crippen MR) is 78.3 cm³/mol. The third-order valence-corrected chi connectivity index (χ3v) is 4.14. The van der Waals surface area contributed by atoms with Crippen molar-refractivity contribution in [2.45, 2.75) is 32.2 Å². The Bertz CT molecular complexity index is 567. The lowest BCUT2D eigenvalue weighted by atomic mass is 10.0. The Morgan fingerprint density at radius 2 is 2.30 bits per heavy atom. The lowest BCUT2D eigenvalue weighted by molar-refractivity contribution is 0.516. The fourth-order valence-electron chi connectivity index (χ4n) is 2.97. The maximum absolute atomic E-state index is 5.84. The molecule has 1 heterocycles. The molecule has 2 aromatic rings. The van der Waals surface area contributed by atoms with Crippen LogP contribution in [-0.2, 0) is 0 Å². The lowest BCUT2D eigenvalue weighted by Crippen LogP contribution is -2.29. The van der Waals surface area contributed by atoms with Gasteiger partial charge in [-0.25, -0.2) is 0 Å². The van der Waals surface area contributed by atoms with Gasteiger partial charge in [0.15, 0.2) is 0 Å². The van der Waals surface area contributed by atoms with Crippen molar-refractivity contribution >= 4 is 5.69 Å². The molecule has 1 saturated carbocycles. The molecule has 1 fully saturated rings. The van der Waals surface area contributed by atoms with Crippen LogP contribution in [0.1, 0.15) is 24.8 Å². The molecule has 1 aromatic carbocycles. The van der Waals surface area contributed by atoms with Crippen molar-refractivity contribution in [1.29, 1.82) is 0 Å². The lowest BCUT2D eigenvalue weighted by Gasteiger charge is -2.22. The maximum Gasteiger partial charge on any atom is 0.247 e. The van der Waals surface area contributed by atoms with Gasteiger partial charge in [-0.15, -0.1) is 10.2 Å². The summed E-state index contributed by atoms with van der Waals surface area (Å²) in [5.41, 5.74) is 9.14. The van der Waals surface area contributed by atoms with Crippen molar-refractivity contribution in [2.75, 3.05) is 11.9 Å². The van der Waals surface area contributed by atoms with E-state index in [-0.39, 0.29) is 0 Å². The average Bonchev–Trinajstić information content (AvgIpc) is 3.11. The number of anilines is 1. The number of hydrogen-bond acceptors (Lipinski definition) is 5. The largest absolute Gasteiger partial charge is 0.423 e. The second kappa shape index (κ2) is 5.63. The Kier molecular flexibility index (Phi) is 3.69. The maximum atomic E-state index is 5.84. The first kappa shape index (κ1) is 13.1. The minimum atomic E-state index is 0.493. The second-order valence-corrected chi connectivity index (χ2v) is 5.45. The van der Waals surface area contributed by atoms with Gasteiger partial charge in [0.05, 0.1) is 0 Å². The van der Waals surface area contributed by atoms with E-state index < -0.39 is 0 Å². The van der Waals surface area contributed by atoms with Crippen molar-refractivity contribution in [3.8, 4) is 11.5 Å². The van der Waals surface area contributed by atoms with Crippen LogP contribution in [0.2, 0.25) is 0 Å². The van der Waals surface area contributed by atoms with Gasteiger partial charge in [0, 0.05) is 17.3 Å². The van der Waals surface area contributed by atoms with E-state index >= 15 is 0 Å². The monoisotopic (exact) mass is 272 g/mol. The molecule has 1 aliphatic carbocycles. The Hall–Kier alpha value is -1.88. The third kappa shape index (κ3) is 2.54. The molecule has 20 heavy (non-hydrogen) atoms. The molecule has 0 aliphatic heterocycles. The minimum Gasteiger partial charge on any atom is -0.423 e. The summed E-state index contributed by atoms with van der Waals surface area (Å²) in [7, 11) is 0. The van der Waals surface area contributed by atoms with Crippen LogP contribution in [0.4, 0.5) is 5.69 Å². The zero-order valence-corrected chi connectivity index (χ0v) is 11.7. The molecule has 0 saturated heterocycles. The second-order valence-electron chi connectivity index (χ2n) is 5.45. The molecule has 5 heteroatoms. The van der Waals surface area contributed by atoms with Crippen molar-refractivity contribution in [3.05, 3.63) is 30.2 Å². The number of aromatic nitrogens is 2. The van der Waals surface area contributed by atoms with E-state index in [1.807, 2.05) is 6.07 Å². The van der Waals surface area contributed by atoms with Crippen LogP contribution in [-0.4, -0.2) is 22.8 Å². The van der Waals surface area contributed by atoms with Gasteiger partial charge in [-0.05, 0) is 56.0 Å². The summed E-state index contributed by atoms with van der Waals surface area (Å²) in [5.74, 6) is 1.14. The van der Waals surface area contributed by atoms with Gasteiger partial charge in [0.2, 0.25) is 12.3 Å². The summed E-state index contributed by atoms with van der Waals surface area (Å²) in [5, 5.41) is 11.3. The number of hydrogen-bond donors (Lipinski definition) is 2. The van der Waals surface area contributed by atoms with Crippen molar-refractivity contribution in [1.82, 2.24) is 10.2 Å². The number of nitrogens with one attached hydrogen (secondary N) is 1. The zero-order valence-electron chi connectivity index (χ0n) is 11.7. The molecular formula is C15H20N4O. The summed E-state index contributed by atoms with van der Waals surface area (Å²) in [4.78, 5) is 0. The van der Waals surface area contributed by atoms with Crippen molar-refractivity contribution < 1.29 is 4.42 Å². The molecule has 1 aliphatic rings. The zero-order chi connectivity index (χ0) is 13.9. The summed E-state index contributed by atoms with van der Waals surface area (Å²) in [6.45, 7) is 2.85. The Morgan fingerprint density at radius 1 is 1.40 bits per heavy atom. The van der Waals surface area contributed by atoms with Crippen molar-refractivity contribution in [2.24, 2.45) is 11.7 Å². The van der Waals surface area contributed by atoms with E-state index in [0.717, 1.165) is 12.1 Å². The first-order chi connectivity index (χ1) is 9.78. The van der Waals surface area contributed by atoms with Crippen LogP contribution in [0.15, 0.2) is 29.0 Å². The van der Waals surface area contributed by atoms with E-state index in [2.05, 4.69) is 34.6 Å². The molecule has 0 spiro atoms. The van der Waals surface area contributed by atoms with Gasteiger partial charge in [0.25, 0.3) is 0 Å². The molecule has 106 valence electrons. The van der Waals surface area contributed by atoms with E-state index in [1.54, 1.807) is 0 Å². The van der Waals surface area contributed by atoms with Gasteiger partial charge in [-0.2, -0.15) is 0 Å². The van der Waals surface area contributed by atoms with Crippen LogP contribution in [0, 0.1) is 12.8 Å². The van der Waals surface area contributed by atoms with E-state index in [9.17, 15) is 0 Å². The predicted octanol–water partition coefficient (Wildman–Crippen LogP) is 2.58. The first-order valence-corrected chi connectivity index (χ1v) is 7.11. The van der Waals surface area contributed by atoms with E-state index in [4.69, 9.17) is 10.2 Å². The molecular weight excluding hydrogens is 252 g/mol. The smallest absolute Gasteiger partial charge is 0.247 e. The highest BCUT2D eigenvalue weighted by molar-refractivity contribution is 5.62. The molecule has 2 atom stereocenters. The highest BCUT2D eigenvalue weighted by Crippen LogP contribution is 2.30. The fraction of sp³-hybridized carbons (Fsp3) is 0.467.